The summed E-state index contributed by atoms with van der Waals surface area (Å²) in [6, 6.07) is 4.53. The zero-order chi connectivity index (χ0) is 12.1. The second-order valence-corrected chi connectivity index (χ2v) is 3.76. The van der Waals surface area contributed by atoms with Gasteiger partial charge in [0.05, 0.1) is 12.0 Å². The van der Waals surface area contributed by atoms with Gasteiger partial charge in [0.2, 0.25) is 0 Å². The first-order valence-corrected chi connectivity index (χ1v) is 5.08. The Morgan fingerprint density at radius 1 is 1.62 bits per heavy atom. The standard InChI is InChI=1S/C9H9BrN2O4/c1-16-9(13)5-11-7-3-2-6(10)4-8(7)12(14)15/h2-4,11H,5H2,1H3. The second-order valence-electron chi connectivity index (χ2n) is 2.85. The third-order valence-corrected chi connectivity index (χ3v) is 2.30. The van der Waals surface area contributed by atoms with Crippen LogP contribution < -0.4 is 5.32 Å². The minimum atomic E-state index is -0.523. The van der Waals surface area contributed by atoms with E-state index in [4.69, 9.17) is 0 Å². The number of carbonyl (C=O) groups excluding carboxylic acids is 1. The predicted octanol–water partition coefficient (Wildman–Crippen LogP) is 1.94. The number of carbonyl (C=O) groups is 1. The molecule has 1 aromatic carbocycles. The molecule has 1 aromatic rings. The maximum absolute atomic E-state index is 10.9. The molecule has 0 atom stereocenters. The molecule has 0 aliphatic carbocycles. The molecule has 0 amide bonds. The van der Waals surface area contributed by atoms with Crippen molar-refractivity contribution in [3.63, 3.8) is 0 Å². The van der Waals surface area contributed by atoms with E-state index in [2.05, 4.69) is 26.0 Å². The van der Waals surface area contributed by atoms with Gasteiger partial charge in [-0.3, -0.25) is 14.9 Å². The smallest absolute Gasteiger partial charge is 0.325 e. The molecule has 0 saturated carbocycles. The van der Waals surface area contributed by atoms with Crippen LogP contribution in [-0.2, 0) is 9.53 Å². The number of methoxy groups -OCH3 is 1. The number of nitro groups is 1. The maximum atomic E-state index is 10.9. The Morgan fingerprint density at radius 3 is 2.88 bits per heavy atom. The van der Waals surface area contributed by atoms with Crippen molar-refractivity contribution in [2.24, 2.45) is 0 Å². The van der Waals surface area contributed by atoms with Gasteiger partial charge in [0.1, 0.15) is 12.2 Å². The van der Waals surface area contributed by atoms with Crippen molar-refractivity contribution < 1.29 is 14.5 Å². The van der Waals surface area contributed by atoms with E-state index in [0.29, 0.717) is 4.47 Å². The summed E-state index contributed by atoms with van der Waals surface area (Å²) in [6.45, 7) is -0.112. The van der Waals surface area contributed by atoms with Gasteiger partial charge in [-0.25, -0.2) is 0 Å². The zero-order valence-electron chi connectivity index (χ0n) is 8.40. The van der Waals surface area contributed by atoms with Crippen LogP contribution in [0.1, 0.15) is 0 Å². The Hall–Kier alpha value is -1.63. The highest BCUT2D eigenvalue weighted by Crippen LogP contribution is 2.27. The fraction of sp³-hybridized carbons (Fsp3) is 0.222. The average Bonchev–Trinajstić information content (AvgIpc) is 2.26. The number of anilines is 1. The van der Waals surface area contributed by atoms with Crippen molar-refractivity contribution in [1.29, 1.82) is 0 Å². The topological polar surface area (TPSA) is 81.5 Å². The molecule has 0 aliphatic heterocycles. The highest BCUT2D eigenvalue weighted by Gasteiger charge is 2.14. The quantitative estimate of drug-likeness (QED) is 0.520. The van der Waals surface area contributed by atoms with Gasteiger partial charge in [0.15, 0.2) is 0 Å². The van der Waals surface area contributed by atoms with Gasteiger partial charge >= 0.3 is 5.97 Å². The van der Waals surface area contributed by atoms with Crippen molar-refractivity contribution in [3.8, 4) is 0 Å². The molecule has 0 saturated heterocycles. The molecular weight excluding hydrogens is 280 g/mol. The number of halogens is 1. The molecule has 1 rings (SSSR count). The third kappa shape index (κ3) is 3.20. The van der Waals surface area contributed by atoms with Gasteiger partial charge in [-0.2, -0.15) is 0 Å². The summed E-state index contributed by atoms with van der Waals surface area (Å²) in [5, 5.41) is 13.4. The number of esters is 1. The molecule has 0 heterocycles. The van der Waals surface area contributed by atoms with Gasteiger partial charge < -0.3 is 10.1 Å². The van der Waals surface area contributed by atoms with Gasteiger partial charge in [0, 0.05) is 10.5 Å². The summed E-state index contributed by atoms with van der Waals surface area (Å²) in [7, 11) is 1.25. The highest BCUT2D eigenvalue weighted by atomic mass is 79.9. The minimum absolute atomic E-state index is 0.0988. The van der Waals surface area contributed by atoms with Crippen molar-refractivity contribution >= 4 is 33.3 Å². The van der Waals surface area contributed by atoms with Gasteiger partial charge in [-0.05, 0) is 12.1 Å². The summed E-state index contributed by atoms with van der Waals surface area (Å²) in [6.07, 6.45) is 0. The van der Waals surface area contributed by atoms with Crippen LogP contribution in [0.5, 0.6) is 0 Å². The molecule has 0 radical (unpaired) electrons. The first-order valence-electron chi connectivity index (χ1n) is 4.29. The van der Waals surface area contributed by atoms with Crippen LogP contribution >= 0.6 is 15.9 Å². The summed E-state index contributed by atoms with van der Waals surface area (Å²) >= 11 is 3.13. The lowest BCUT2D eigenvalue weighted by Gasteiger charge is -2.05. The molecule has 7 heteroatoms. The fourth-order valence-corrected chi connectivity index (χ4v) is 1.39. The number of benzene rings is 1. The Morgan fingerprint density at radius 2 is 2.31 bits per heavy atom. The third-order valence-electron chi connectivity index (χ3n) is 1.81. The summed E-state index contributed by atoms with van der Waals surface area (Å²) in [5.41, 5.74) is 0.178. The predicted molar refractivity (Wildman–Crippen MR) is 61.3 cm³/mol. The molecule has 6 nitrogen and oxygen atoms in total. The Kier molecular flexibility index (Phi) is 4.24. The lowest BCUT2D eigenvalue weighted by molar-refractivity contribution is -0.384. The average molecular weight is 289 g/mol. The lowest BCUT2D eigenvalue weighted by Crippen LogP contribution is -2.15. The van der Waals surface area contributed by atoms with Crippen LogP contribution in [-0.4, -0.2) is 24.5 Å². The van der Waals surface area contributed by atoms with Crippen LogP contribution in [0.15, 0.2) is 22.7 Å². The van der Waals surface area contributed by atoms with E-state index in [1.165, 1.54) is 19.2 Å². The largest absolute Gasteiger partial charge is 0.468 e. The summed E-state index contributed by atoms with van der Waals surface area (Å²) in [4.78, 5) is 21.1. The second kappa shape index (κ2) is 5.45. The number of nitrogens with zero attached hydrogens (tertiary/aromatic N) is 1. The van der Waals surface area contributed by atoms with Crippen LogP contribution in [0.25, 0.3) is 0 Å². The number of ether oxygens (including phenoxy) is 1. The van der Waals surface area contributed by atoms with Crippen LogP contribution in [0, 0.1) is 10.1 Å². The van der Waals surface area contributed by atoms with Gasteiger partial charge in [-0.15, -0.1) is 0 Å². The first-order chi connectivity index (χ1) is 7.54. The normalized spacial score (nSPS) is 9.62. The molecule has 0 spiro atoms. The van der Waals surface area contributed by atoms with E-state index in [-0.39, 0.29) is 17.9 Å². The number of nitro benzene ring substituents is 1. The van der Waals surface area contributed by atoms with Crippen LogP contribution in [0.4, 0.5) is 11.4 Å². The van der Waals surface area contributed by atoms with E-state index < -0.39 is 10.9 Å². The summed E-state index contributed by atoms with van der Waals surface area (Å²) in [5.74, 6) is -0.489. The molecule has 0 fully saturated rings. The molecule has 1 N–H and O–H groups in total. The Bertz CT molecular complexity index is 422. The van der Waals surface area contributed by atoms with Crippen molar-refractivity contribution in [2.45, 2.75) is 0 Å². The van der Waals surface area contributed by atoms with Crippen molar-refractivity contribution in [3.05, 3.63) is 32.8 Å². The highest BCUT2D eigenvalue weighted by molar-refractivity contribution is 9.10. The molecule has 0 bridgehead atoms. The maximum Gasteiger partial charge on any atom is 0.325 e. The number of rotatable bonds is 4. The minimum Gasteiger partial charge on any atom is -0.468 e. The van der Waals surface area contributed by atoms with E-state index in [0.717, 1.165) is 0 Å². The van der Waals surface area contributed by atoms with E-state index in [1.54, 1.807) is 6.07 Å². The number of nitrogens with one attached hydrogen (secondary N) is 1. The lowest BCUT2D eigenvalue weighted by atomic mass is 10.2. The summed E-state index contributed by atoms with van der Waals surface area (Å²) < 4.78 is 5.02. The first kappa shape index (κ1) is 12.4. The molecule has 0 aliphatic rings. The molecule has 0 aromatic heterocycles. The number of hydrogen-bond acceptors (Lipinski definition) is 5. The molecule has 16 heavy (non-hydrogen) atoms. The van der Waals surface area contributed by atoms with Crippen molar-refractivity contribution in [2.75, 3.05) is 19.0 Å². The van der Waals surface area contributed by atoms with E-state index >= 15 is 0 Å². The fourth-order valence-electron chi connectivity index (χ4n) is 1.04. The van der Waals surface area contributed by atoms with Crippen LogP contribution in [0.3, 0.4) is 0 Å². The van der Waals surface area contributed by atoms with Gasteiger partial charge in [-0.1, -0.05) is 15.9 Å². The molecule has 0 unspecified atom stereocenters. The molecular formula is C9H9BrN2O4. The Balaban J connectivity index is 2.87. The molecule has 86 valence electrons. The van der Waals surface area contributed by atoms with Crippen molar-refractivity contribution in [1.82, 2.24) is 0 Å². The zero-order valence-corrected chi connectivity index (χ0v) is 9.98. The monoisotopic (exact) mass is 288 g/mol. The van der Waals surface area contributed by atoms with Crippen LogP contribution in [0.2, 0.25) is 0 Å². The van der Waals surface area contributed by atoms with Gasteiger partial charge in [0.25, 0.3) is 5.69 Å². The van der Waals surface area contributed by atoms with E-state index in [1.807, 2.05) is 0 Å². The Labute approximate surface area is 99.9 Å². The van der Waals surface area contributed by atoms with E-state index in [9.17, 15) is 14.9 Å². The number of hydrogen-bond donors (Lipinski definition) is 1. The SMILES string of the molecule is COC(=O)CNc1ccc(Br)cc1[N+](=O)[O-].